The summed E-state index contributed by atoms with van der Waals surface area (Å²) in [6, 6.07) is 8.62. The zero-order valence-corrected chi connectivity index (χ0v) is 11.6. The lowest BCUT2D eigenvalue weighted by Crippen LogP contribution is -2.28. The van der Waals surface area contributed by atoms with Crippen LogP contribution in [0.25, 0.3) is 0 Å². The molecule has 0 spiro atoms. The molecule has 0 bridgehead atoms. The average molecular weight is 267 g/mol. The van der Waals surface area contributed by atoms with E-state index in [9.17, 15) is 5.11 Å². The molecule has 2 rings (SSSR count). The summed E-state index contributed by atoms with van der Waals surface area (Å²) < 4.78 is 4.89. The van der Waals surface area contributed by atoms with Crippen molar-refractivity contribution in [3.05, 3.63) is 29.8 Å². The van der Waals surface area contributed by atoms with Crippen molar-refractivity contribution in [1.82, 2.24) is 5.32 Å². The monoisotopic (exact) mass is 267 g/mol. The molecule has 1 aromatic carbocycles. The van der Waals surface area contributed by atoms with Gasteiger partial charge in [0.1, 0.15) is 0 Å². The lowest BCUT2D eigenvalue weighted by molar-refractivity contribution is 0.0595. The number of hydrogen-bond donors (Lipinski definition) is 2. The molecule has 0 saturated carbocycles. The molecular weight excluding hydrogens is 246 g/mol. The van der Waals surface area contributed by atoms with Crippen LogP contribution < -0.4 is 5.32 Å². The smallest absolute Gasteiger partial charge is 0.0785 e. The Balaban J connectivity index is 1.62. The van der Waals surface area contributed by atoms with Crippen molar-refractivity contribution in [3.8, 4) is 0 Å². The molecule has 0 fully saturated rings. The molecule has 0 aliphatic carbocycles. The fraction of sp³-hybridized carbons (Fsp3) is 0.571. The summed E-state index contributed by atoms with van der Waals surface area (Å²) in [4.78, 5) is 1.42. The lowest BCUT2D eigenvalue weighted by Gasteiger charge is -2.12. The summed E-state index contributed by atoms with van der Waals surface area (Å²) in [5, 5.41) is 13.6. The van der Waals surface area contributed by atoms with Crippen molar-refractivity contribution in [2.24, 2.45) is 0 Å². The highest BCUT2D eigenvalue weighted by Gasteiger charge is 2.20. The van der Waals surface area contributed by atoms with Gasteiger partial charge in [-0.2, -0.15) is 0 Å². The highest BCUT2D eigenvalue weighted by Crippen LogP contribution is 2.36. The molecule has 1 aromatic rings. The van der Waals surface area contributed by atoms with E-state index in [1.165, 1.54) is 10.5 Å². The van der Waals surface area contributed by atoms with Gasteiger partial charge in [-0.1, -0.05) is 18.2 Å². The lowest BCUT2D eigenvalue weighted by atomic mass is 10.1. The van der Waals surface area contributed by atoms with E-state index >= 15 is 0 Å². The number of methoxy groups -OCH3 is 1. The van der Waals surface area contributed by atoms with E-state index in [-0.39, 0.29) is 6.10 Å². The largest absolute Gasteiger partial charge is 0.391 e. The zero-order valence-electron chi connectivity index (χ0n) is 10.8. The molecule has 100 valence electrons. The highest BCUT2D eigenvalue weighted by molar-refractivity contribution is 8.00. The Morgan fingerprint density at radius 1 is 1.50 bits per heavy atom. The highest BCUT2D eigenvalue weighted by atomic mass is 32.2. The van der Waals surface area contributed by atoms with Crippen LogP contribution in [0.2, 0.25) is 0 Å². The van der Waals surface area contributed by atoms with Crippen molar-refractivity contribution in [3.63, 3.8) is 0 Å². The Hall–Kier alpha value is -0.550. The molecule has 3 nitrogen and oxygen atoms in total. The van der Waals surface area contributed by atoms with Crippen molar-refractivity contribution in [1.29, 1.82) is 0 Å². The zero-order chi connectivity index (χ0) is 12.8. The van der Waals surface area contributed by atoms with Crippen molar-refractivity contribution in [2.45, 2.75) is 29.1 Å². The summed E-state index contributed by atoms with van der Waals surface area (Å²) in [6.07, 6.45) is 1.54. The average Bonchev–Trinajstić information content (AvgIpc) is 2.77. The molecule has 0 amide bonds. The number of aliphatic hydroxyl groups excluding tert-OH is 1. The molecule has 1 heterocycles. The van der Waals surface area contributed by atoms with Crippen LogP contribution in [-0.2, 0) is 11.2 Å². The maximum atomic E-state index is 9.51. The fourth-order valence-electron chi connectivity index (χ4n) is 2.18. The van der Waals surface area contributed by atoms with E-state index in [2.05, 4.69) is 29.6 Å². The second kappa shape index (κ2) is 7.14. The minimum atomic E-state index is -0.351. The third-order valence-electron chi connectivity index (χ3n) is 3.10. The van der Waals surface area contributed by atoms with Crippen LogP contribution >= 0.6 is 11.8 Å². The molecule has 2 unspecified atom stereocenters. The minimum absolute atomic E-state index is 0.351. The second-order valence-corrected chi connectivity index (χ2v) is 6.00. The fourth-order valence-corrected chi connectivity index (χ4v) is 3.46. The van der Waals surface area contributed by atoms with Crippen molar-refractivity contribution < 1.29 is 9.84 Å². The van der Waals surface area contributed by atoms with Gasteiger partial charge >= 0.3 is 0 Å². The minimum Gasteiger partial charge on any atom is -0.391 e. The number of fused-ring (bicyclic) bond motifs is 1. The Morgan fingerprint density at radius 3 is 3.11 bits per heavy atom. The van der Waals surface area contributed by atoms with Crippen LogP contribution in [-0.4, -0.2) is 43.3 Å². The predicted octanol–water partition coefficient (Wildman–Crippen LogP) is 1.69. The molecule has 4 heteroatoms. The molecule has 18 heavy (non-hydrogen) atoms. The quantitative estimate of drug-likeness (QED) is 0.738. The topological polar surface area (TPSA) is 41.5 Å². The molecule has 2 atom stereocenters. The number of thioether (sulfide) groups is 1. The number of hydrogen-bond acceptors (Lipinski definition) is 4. The number of aliphatic hydroxyl groups is 1. The first-order valence-electron chi connectivity index (χ1n) is 6.42. The van der Waals surface area contributed by atoms with Gasteiger partial charge in [-0.25, -0.2) is 0 Å². The Bertz CT molecular complexity index is 348. The summed E-state index contributed by atoms with van der Waals surface area (Å²) in [5.41, 5.74) is 1.47. The van der Waals surface area contributed by atoms with Gasteiger partial charge in [0.05, 0.1) is 12.7 Å². The molecular formula is C14H21NO2S. The van der Waals surface area contributed by atoms with Crippen molar-refractivity contribution in [2.75, 3.05) is 26.8 Å². The number of rotatable bonds is 7. The van der Waals surface area contributed by atoms with Gasteiger partial charge in [-0.15, -0.1) is 11.8 Å². The maximum absolute atomic E-state index is 9.51. The van der Waals surface area contributed by atoms with Crippen LogP contribution in [0.15, 0.2) is 29.2 Å². The van der Waals surface area contributed by atoms with Crippen molar-refractivity contribution >= 4 is 11.8 Å². The van der Waals surface area contributed by atoms with Gasteiger partial charge in [0, 0.05) is 23.8 Å². The number of benzene rings is 1. The molecule has 2 N–H and O–H groups in total. The van der Waals surface area contributed by atoms with E-state index in [1.807, 2.05) is 11.8 Å². The Labute approximate surface area is 113 Å². The SMILES string of the molecule is COCC(O)CCNCC1Cc2ccccc2S1. The van der Waals surface area contributed by atoms with E-state index < -0.39 is 0 Å². The van der Waals surface area contributed by atoms with Crippen LogP contribution in [0.3, 0.4) is 0 Å². The molecule has 1 aliphatic heterocycles. The molecule has 0 aromatic heterocycles. The first-order valence-corrected chi connectivity index (χ1v) is 7.30. The summed E-state index contributed by atoms with van der Waals surface area (Å²) >= 11 is 1.96. The predicted molar refractivity (Wildman–Crippen MR) is 75.2 cm³/mol. The van der Waals surface area contributed by atoms with Gasteiger partial charge < -0.3 is 15.2 Å². The van der Waals surface area contributed by atoms with Gasteiger partial charge in [0.15, 0.2) is 0 Å². The van der Waals surface area contributed by atoms with Crippen LogP contribution in [0.5, 0.6) is 0 Å². The normalized spacial score (nSPS) is 19.8. The molecule has 1 aliphatic rings. The van der Waals surface area contributed by atoms with Crippen LogP contribution in [0, 0.1) is 0 Å². The van der Waals surface area contributed by atoms with Crippen LogP contribution in [0.1, 0.15) is 12.0 Å². The first-order chi connectivity index (χ1) is 8.79. The van der Waals surface area contributed by atoms with E-state index in [1.54, 1.807) is 7.11 Å². The summed E-state index contributed by atoms with van der Waals surface area (Å²) in [7, 11) is 1.61. The first kappa shape index (κ1) is 13.9. The van der Waals surface area contributed by atoms with E-state index in [0.29, 0.717) is 11.9 Å². The Morgan fingerprint density at radius 2 is 2.33 bits per heavy atom. The number of nitrogens with one attached hydrogen (secondary N) is 1. The summed E-state index contributed by atoms with van der Waals surface area (Å²) in [5.74, 6) is 0. The van der Waals surface area contributed by atoms with Gasteiger partial charge in [-0.05, 0) is 31.0 Å². The van der Waals surface area contributed by atoms with E-state index in [4.69, 9.17) is 4.74 Å². The molecule has 0 radical (unpaired) electrons. The van der Waals surface area contributed by atoms with Gasteiger partial charge in [0.25, 0.3) is 0 Å². The third kappa shape index (κ3) is 3.99. The number of ether oxygens (including phenoxy) is 1. The third-order valence-corrected chi connectivity index (χ3v) is 4.42. The maximum Gasteiger partial charge on any atom is 0.0785 e. The van der Waals surface area contributed by atoms with Crippen LogP contribution in [0.4, 0.5) is 0 Å². The standard InChI is InChI=1S/C14H21NO2S/c1-17-10-12(16)6-7-15-9-13-8-11-4-2-3-5-14(11)18-13/h2-5,12-13,15-16H,6-10H2,1H3. The second-order valence-electron chi connectivity index (χ2n) is 4.65. The molecule has 0 saturated heterocycles. The summed E-state index contributed by atoms with van der Waals surface area (Å²) in [6.45, 7) is 2.27. The van der Waals surface area contributed by atoms with Gasteiger partial charge in [-0.3, -0.25) is 0 Å². The Kier molecular flexibility index (Phi) is 5.50. The van der Waals surface area contributed by atoms with Gasteiger partial charge in [0.2, 0.25) is 0 Å². The van der Waals surface area contributed by atoms with E-state index in [0.717, 1.165) is 25.9 Å².